The van der Waals surface area contributed by atoms with Crippen LogP contribution < -0.4 is 10.5 Å². The first-order chi connectivity index (χ1) is 14.3. The van der Waals surface area contributed by atoms with E-state index in [1.165, 1.54) is 0 Å². The maximum Gasteiger partial charge on any atom is 0.340 e. The second kappa shape index (κ2) is 8.94. The minimum Gasteiger partial charge on any atom is -0.494 e. The van der Waals surface area contributed by atoms with Crippen LogP contribution >= 0.6 is 0 Å². The molecule has 1 aromatic carbocycles. The van der Waals surface area contributed by atoms with Gasteiger partial charge >= 0.3 is 5.97 Å². The number of ketones is 1. The molecule has 0 aromatic heterocycles. The van der Waals surface area contributed by atoms with E-state index < -0.39 is 11.9 Å². The van der Waals surface area contributed by atoms with Gasteiger partial charge in [0.2, 0.25) is 5.88 Å². The lowest BCUT2D eigenvalue weighted by Crippen LogP contribution is -2.35. The third kappa shape index (κ3) is 4.53. The van der Waals surface area contributed by atoms with Crippen LogP contribution in [0.1, 0.15) is 64.9 Å². The molecule has 3 rings (SSSR count). The summed E-state index contributed by atoms with van der Waals surface area (Å²) in [4.78, 5) is 25.9. The predicted molar refractivity (Wildman–Crippen MR) is 114 cm³/mol. The number of rotatable bonds is 7. The summed E-state index contributed by atoms with van der Waals surface area (Å²) in [5.41, 5.74) is 7.43. The fraction of sp³-hybridized carbons (Fsp3) is 0.500. The second-order valence-corrected chi connectivity index (χ2v) is 8.58. The molecule has 0 spiro atoms. The van der Waals surface area contributed by atoms with Crippen molar-refractivity contribution in [3.63, 3.8) is 0 Å². The fourth-order valence-corrected chi connectivity index (χ4v) is 4.02. The van der Waals surface area contributed by atoms with Gasteiger partial charge in [0.05, 0.1) is 19.1 Å². The summed E-state index contributed by atoms with van der Waals surface area (Å²) in [6.45, 7) is 8.75. The van der Waals surface area contributed by atoms with Gasteiger partial charge in [0.25, 0.3) is 0 Å². The Morgan fingerprint density at radius 3 is 2.53 bits per heavy atom. The molecule has 0 saturated carbocycles. The van der Waals surface area contributed by atoms with Crippen molar-refractivity contribution in [3.8, 4) is 5.75 Å². The topological polar surface area (TPSA) is 87.8 Å². The lowest BCUT2D eigenvalue weighted by Gasteiger charge is -2.37. The van der Waals surface area contributed by atoms with Gasteiger partial charge in [-0.2, -0.15) is 0 Å². The first-order valence-electron chi connectivity index (χ1n) is 10.6. The molecular weight excluding hydrogens is 382 g/mol. The minimum absolute atomic E-state index is 0.00553. The smallest absolute Gasteiger partial charge is 0.340 e. The van der Waals surface area contributed by atoms with Gasteiger partial charge in [-0.05, 0) is 36.5 Å². The van der Waals surface area contributed by atoms with E-state index in [2.05, 4.69) is 6.92 Å². The van der Waals surface area contributed by atoms with Gasteiger partial charge in [0.15, 0.2) is 5.78 Å². The Morgan fingerprint density at radius 2 is 1.90 bits per heavy atom. The van der Waals surface area contributed by atoms with Crippen molar-refractivity contribution in [2.45, 2.75) is 59.3 Å². The van der Waals surface area contributed by atoms with Gasteiger partial charge in [-0.1, -0.05) is 39.3 Å². The number of unbranched alkanes of at least 4 members (excludes halogenated alkanes) is 1. The standard InChI is InChI=1S/C24H31NO5/c1-5-7-12-29-16-10-8-15(9-11-16)19-20-17(26)13-24(3,4)14-18(20)30-22(25)21(19)23(27)28-6-2/h8-11,19H,5-7,12-14,25H2,1-4H3/t19-/m0/s1. The van der Waals surface area contributed by atoms with E-state index in [1.54, 1.807) is 6.92 Å². The number of carbonyl (C=O) groups is 2. The average molecular weight is 414 g/mol. The van der Waals surface area contributed by atoms with Crippen LogP contribution in [0.5, 0.6) is 5.75 Å². The molecule has 162 valence electrons. The van der Waals surface area contributed by atoms with E-state index in [0.717, 1.165) is 24.2 Å². The molecule has 2 N–H and O–H groups in total. The number of ether oxygens (including phenoxy) is 3. The number of carbonyl (C=O) groups excluding carboxylic acids is 2. The molecule has 1 aliphatic carbocycles. The highest BCUT2D eigenvalue weighted by atomic mass is 16.5. The lowest BCUT2D eigenvalue weighted by atomic mass is 9.70. The van der Waals surface area contributed by atoms with Crippen LogP contribution in [0.3, 0.4) is 0 Å². The van der Waals surface area contributed by atoms with Crippen molar-refractivity contribution >= 4 is 11.8 Å². The maximum atomic E-state index is 13.1. The molecule has 0 amide bonds. The zero-order chi connectivity index (χ0) is 21.9. The summed E-state index contributed by atoms with van der Waals surface area (Å²) in [6, 6.07) is 7.47. The van der Waals surface area contributed by atoms with E-state index in [0.29, 0.717) is 30.8 Å². The number of hydrogen-bond acceptors (Lipinski definition) is 6. The van der Waals surface area contributed by atoms with Gasteiger partial charge in [-0.3, -0.25) is 4.79 Å². The average Bonchev–Trinajstić information content (AvgIpc) is 2.67. The number of nitrogens with two attached hydrogens (primary N) is 1. The molecule has 30 heavy (non-hydrogen) atoms. The monoisotopic (exact) mass is 413 g/mol. The number of allylic oxidation sites excluding steroid dienone is 2. The first-order valence-corrected chi connectivity index (χ1v) is 10.6. The summed E-state index contributed by atoms with van der Waals surface area (Å²) >= 11 is 0. The van der Waals surface area contributed by atoms with Crippen molar-refractivity contribution in [1.82, 2.24) is 0 Å². The Morgan fingerprint density at radius 1 is 1.20 bits per heavy atom. The fourth-order valence-electron chi connectivity index (χ4n) is 4.02. The molecule has 1 atom stereocenters. The largest absolute Gasteiger partial charge is 0.494 e. The molecule has 1 aromatic rings. The van der Waals surface area contributed by atoms with Crippen LogP contribution in [0.15, 0.2) is 47.1 Å². The molecule has 0 bridgehead atoms. The maximum absolute atomic E-state index is 13.1. The van der Waals surface area contributed by atoms with Gasteiger partial charge < -0.3 is 19.9 Å². The molecule has 1 heterocycles. The highest BCUT2D eigenvalue weighted by Crippen LogP contribution is 2.48. The first kappa shape index (κ1) is 21.9. The summed E-state index contributed by atoms with van der Waals surface area (Å²) < 4.78 is 16.8. The van der Waals surface area contributed by atoms with Crippen molar-refractivity contribution < 1.29 is 23.8 Å². The van der Waals surface area contributed by atoms with E-state index in [1.807, 2.05) is 38.1 Å². The molecule has 0 saturated heterocycles. The summed E-state index contributed by atoms with van der Waals surface area (Å²) in [6.07, 6.45) is 3.01. The Hall–Kier alpha value is -2.76. The third-order valence-corrected chi connectivity index (χ3v) is 5.43. The van der Waals surface area contributed by atoms with Crippen LogP contribution in [-0.4, -0.2) is 25.0 Å². The number of benzene rings is 1. The second-order valence-electron chi connectivity index (χ2n) is 8.58. The highest BCUT2D eigenvalue weighted by molar-refractivity contribution is 6.03. The molecule has 6 nitrogen and oxygen atoms in total. The van der Waals surface area contributed by atoms with Gasteiger partial charge in [0, 0.05) is 18.4 Å². The van der Waals surface area contributed by atoms with Gasteiger partial charge in [-0.25, -0.2) is 4.79 Å². The Balaban J connectivity index is 2.02. The molecular formula is C24H31NO5. The van der Waals surface area contributed by atoms with Crippen LogP contribution in [0.25, 0.3) is 0 Å². The molecule has 2 aliphatic rings. The summed E-state index contributed by atoms with van der Waals surface area (Å²) in [7, 11) is 0. The molecule has 0 radical (unpaired) electrons. The van der Waals surface area contributed by atoms with E-state index in [9.17, 15) is 9.59 Å². The lowest BCUT2D eigenvalue weighted by molar-refractivity contribution is -0.139. The highest BCUT2D eigenvalue weighted by Gasteiger charge is 2.45. The zero-order valence-corrected chi connectivity index (χ0v) is 18.2. The van der Waals surface area contributed by atoms with E-state index >= 15 is 0 Å². The number of hydrogen-bond donors (Lipinski definition) is 1. The van der Waals surface area contributed by atoms with Crippen LogP contribution in [-0.2, 0) is 19.1 Å². The Bertz CT molecular complexity index is 879. The van der Waals surface area contributed by atoms with E-state index in [4.69, 9.17) is 19.9 Å². The number of esters is 1. The zero-order valence-electron chi connectivity index (χ0n) is 18.2. The molecule has 1 aliphatic heterocycles. The summed E-state index contributed by atoms with van der Waals surface area (Å²) in [5, 5.41) is 0. The molecule has 0 fully saturated rings. The van der Waals surface area contributed by atoms with Crippen molar-refractivity contribution in [2.75, 3.05) is 13.2 Å². The van der Waals surface area contributed by atoms with Crippen molar-refractivity contribution in [2.24, 2.45) is 11.1 Å². The minimum atomic E-state index is -0.610. The van der Waals surface area contributed by atoms with Gasteiger partial charge in [-0.15, -0.1) is 0 Å². The predicted octanol–water partition coefficient (Wildman–Crippen LogP) is 4.36. The van der Waals surface area contributed by atoms with Crippen LogP contribution in [0, 0.1) is 5.41 Å². The van der Waals surface area contributed by atoms with Crippen LogP contribution in [0.2, 0.25) is 0 Å². The Kier molecular flexibility index (Phi) is 6.54. The molecule has 6 heteroatoms. The van der Waals surface area contributed by atoms with Crippen molar-refractivity contribution in [1.29, 1.82) is 0 Å². The third-order valence-electron chi connectivity index (χ3n) is 5.43. The van der Waals surface area contributed by atoms with Gasteiger partial charge in [0.1, 0.15) is 17.1 Å². The normalized spacial score (nSPS) is 20.5. The number of Topliss-reactive ketones (excluding diaryl/α,β-unsaturated/α-hetero) is 1. The quantitative estimate of drug-likeness (QED) is 0.528. The SMILES string of the molecule is CCCCOc1ccc([C@@H]2C(C(=O)OCC)=C(N)OC3=C2C(=O)CC(C)(C)C3)cc1. The van der Waals surface area contributed by atoms with Crippen molar-refractivity contribution in [3.05, 3.63) is 52.6 Å². The van der Waals surface area contributed by atoms with E-state index in [-0.39, 0.29) is 29.3 Å². The van der Waals surface area contributed by atoms with Crippen LogP contribution in [0.4, 0.5) is 0 Å². The molecule has 0 unspecified atom stereocenters. The summed E-state index contributed by atoms with van der Waals surface area (Å²) in [5.74, 6) is 0.109. The Labute approximate surface area is 178 Å².